The zero-order valence-electron chi connectivity index (χ0n) is 36.3. The van der Waals surface area contributed by atoms with Crippen molar-refractivity contribution in [2.24, 2.45) is 0 Å². The van der Waals surface area contributed by atoms with Crippen molar-refractivity contribution in [1.82, 2.24) is 0 Å². The monoisotopic (exact) mass is 822 g/mol. The maximum Gasteiger partial charge on any atom is 0.0534 e. The lowest BCUT2D eigenvalue weighted by molar-refractivity contribution is 1.27. The minimum absolute atomic E-state index is 1.08. The second-order valence-corrected chi connectivity index (χ2v) is 16.0. The number of fused-ring (bicyclic) bond motifs is 1. The Morgan fingerprint density at radius 1 is 0.328 bits per heavy atom. The molecule has 0 aliphatic heterocycles. The molecule has 0 aliphatic rings. The van der Waals surface area contributed by atoms with Crippen molar-refractivity contribution >= 4 is 56.8 Å². The third-order valence-electron chi connectivity index (χ3n) is 11.5. The largest absolute Gasteiger partial charge is 0.317 e. The number of benzene rings is 9. The van der Waals surface area contributed by atoms with E-state index in [1.807, 2.05) is 0 Å². The van der Waals surface area contributed by atoms with Gasteiger partial charge in [0.25, 0.3) is 0 Å². The Morgan fingerprint density at radius 2 is 0.703 bits per heavy atom. The van der Waals surface area contributed by atoms with Gasteiger partial charge in [-0.2, -0.15) is 0 Å². The summed E-state index contributed by atoms with van der Waals surface area (Å²) < 4.78 is 0. The van der Waals surface area contributed by atoms with Gasteiger partial charge < -0.3 is 9.80 Å². The van der Waals surface area contributed by atoms with Gasteiger partial charge in [-0.25, -0.2) is 0 Å². The van der Waals surface area contributed by atoms with E-state index in [2.05, 4.69) is 291 Å². The molecule has 0 amide bonds. The predicted molar refractivity (Wildman–Crippen MR) is 275 cm³/mol. The van der Waals surface area contributed by atoms with Gasteiger partial charge in [-0.05, 0) is 95.1 Å². The number of anilines is 4. The van der Waals surface area contributed by atoms with E-state index in [4.69, 9.17) is 0 Å². The number of hydrogen-bond donors (Lipinski definition) is 0. The van der Waals surface area contributed by atoms with Gasteiger partial charge in [0.2, 0.25) is 0 Å². The first kappa shape index (κ1) is 41.2. The molecule has 0 aliphatic carbocycles. The van der Waals surface area contributed by atoms with Crippen LogP contribution in [0.1, 0.15) is 44.5 Å². The molecule has 0 bridgehead atoms. The molecule has 9 aromatic rings. The molecule has 0 atom stereocenters. The van der Waals surface area contributed by atoms with Gasteiger partial charge in [-0.1, -0.05) is 223 Å². The first-order valence-corrected chi connectivity index (χ1v) is 21.9. The number of rotatable bonds is 13. The molecular formula is C62H50N2. The Kier molecular flexibility index (Phi) is 12.7. The Bertz CT molecular complexity index is 2970. The highest BCUT2D eigenvalue weighted by atomic mass is 15.1. The van der Waals surface area contributed by atoms with E-state index in [0.29, 0.717) is 0 Å². The van der Waals surface area contributed by atoms with Crippen LogP contribution in [0.15, 0.2) is 255 Å². The molecule has 9 aromatic carbocycles. The highest BCUT2D eigenvalue weighted by Gasteiger charge is 2.16. The van der Waals surface area contributed by atoms with Gasteiger partial charge >= 0.3 is 0 Å². The summed E-state index contributed by atoms with van der Waals surface area (Å²) in [5, 5.41) is 2.37. The SMILES string of the molecule is Cc1ccc(N(C=C(c2ccccc2)c2ccccc2)c2ccc(/C=C/C=C/c3ccc(N(C=C(c4ccccc4)c4ccccc4)c4ccc(C)cc4)c4ccccc34)cc2)cc1. The van der Waals surface area contributed by atoms with Crippen LogP contribution in [0.2, 0.25) is 0 Å². The summed E-state index contributed by atoms with van der Waals surface area (Å²) in [6.45, 7) is 4.26. The molecule has 9 rings (SSSR count). The van der Waals surface area contributed by atoms with Gasteiger partial charge in [0, 0.05) is 46.0 Å². The first-order valence-electron chi connectivity index (χ1n) is 21.9. The van der Waals surface area contributed by atoms with E-state index in [1.54, 1.807) is 0 Å². The minimum atomic E-state index is 1.08. The zero-order valence-corrected chi connectivity index (χ0v) is 36.3. The lowest BCUT2D eigenvalue weighted by Gasteiger charge is -2.25. The van der Waals surface area contributed by atoms with Crippen LogP contribution in [-0.4, -0.2) is 0 Å². The number of aryl methyl sites for hydroxylation is 2. The molecule has 2 nitrogen and oxygen atoms in total. The van der Waals surface area contributed by atoms with Gasteiger partial charge in [-0.15, -0.1) is 0 Å². The van der Waals surface area contributed by atoms with Gasteiger partial charge in [-0.3, -0.25) is 0 Å². The van der Waals surface area contributed by atoms with Crippen LogP contribution in [0, 0.1) is 13.8 Å². The van der Waals surface area contributed by atoms with E-state index in [-0.39, 0.29) is 0 Å². The quantitative estimate of drug-likeness (QED) is 0.107. The molecule has 308 valence electrons. The summed E-state index contributed by atoms with van der Waals surface area (Å²) in [6.07, 6.45) is 13.2. The fraction of sp³-hybridized carbons (Fsp3) is 0.0323. The number of allylic oxidation sites excluding steroid dienone is 2. The van der Waals surface area contributed by atoms with Crippen molar-refractivity contribution < 1.29 is 0 Å². The molecule has 0 saturated heterocycles. The van der Waals surface area contributed by atoms with Crippen molar-refractivity contribution in [3.05, 3.63) is 300 Å². The van der Waals surface area contributed by atoms with E-state index in [0.717, 1.165) is 56.1 Å². The molecule has 0 radical (unpaired) electrons. The lowest BCUT2D eigenvalue weighted by atomic mass is 9.97. The Morgan fingerprint density at radius 3 is 1.17 bits per heavy atom. The molecule has 0 saturated carbocycles. The van der Waals surface area contributed by atoms with E-state index < -0.39 is 0 Å². The smallest absolute Gasteiger partial charge is 0.0534 e. The summed E-state index contributed by atoms with van der Waals surface area (Å²) in [6, 6.07) is 82.1. The first-order chi connectivity index (χ1) is 31.6. The van der Waals surface area contributed by atoms with Crippen LogP contribution >= 0.6 is 0 Å². The summed E-state index contributed by atoms with van der Waals surface area (Å²) in [5.41, 5.74) is 16.1. The summed E-state index contributed by atoms with van der Waals surface area (Å²) >= 11 is 0. The van der Waals surface area contributed by atoms with Crippen LogP contribution in [0.5, 0.6) is 0 Å². The Labute approximate surface area is 378 Å². The Hall–Kier alpha value is -8.20. The highest BCUT2D eigenvalue weighted by Crippen LogP contribution is 2.38. The second kappa shape index (κ2) is 19.7. The molecule has 2 heteroatoms. The van der Waals surface area contributed by atoms with Crippen molar-refractivity contribution in [3.8, 4) is 0 Å². The normalized spacial score (nSPS) is 11.2. The van der Waals surface area contributed by atoms with Gasteiger partial charge in [0.15, 0.2) is 0 Å². The van der Waals surface area contributed by atoms with Crippen LogP contribution in [-0.2, 0) is 0 Å². The fourth-order valence-electron chi connectivity index (χ4n) is 8.09. The van der Waals surface area contributed by atoms with Crippen molar-refractivity contribution in [2.75, 3.05) is 9.80 Å². The molecule has 0 aromatic heterocycles. The molecule has 64 heavy (non-hydrogen) atoms. The van der Waals surface area contributed by atoms with Crippen LogP contribution in [0.3, 0.4) is 0 Å². The van der Waals surface area contributed by atoms with Crippen molar-refractivity contribution in [3.63, 3.8) is 0 Å². The average molecular weight is 823 g/mol. The summed E-state index contributed by atoms with van der Waals surface area (Å²) in [7, 11) is 0. The third kappa shape index (κ3) is 9.63. The molecule has 0 fully saturated rings. The topological polar surface area (TPSA) is 6.48 Å². The van der Waals surface area contributed by atoms with E-state index in [1.165, 1.54) is 33.0 Å². The molecular weight excluding hydrogens is 773 g/mol. The lowest BCUT2D eigenvalue weighted by Crippen LogP contribution is -2.11. The minimum Gasteiger partial charge on any atom is -0.317 e. The second-order valence-electron chi connectivity index (χ2n) is 16.0. The maximum absolute atomic E-state index is 2.34. The zero-order chi connectivity index (χ0) is 43.5. The highest BCUT2D eigenvalue weighted by molar-refractivity contribution is 6.02. The van der Waals surface area contributed by atoms with Crippen molar-refractivity contribution in [2.45, 2.75) is 13.8 Å². The average Bonchev–Trinajstić information content (AvgIpc) is 3.36. The summed E-state index contributed by atoms with van der Waals surface area (Å²) in [5.74, 6) is 0. The van der Waals surface area contributed by atoms with Crippen LogP contribution in [0.25, 0.3) is 34.1 Å². The van der Waals surface area contributed by atoms with Gasteiger partial charge in [0.1, 0.15) is 0 Å². The maximum atomic E-state index is 2.34. The van der Waals surface area contributed by atoms with Crippen LogP contribution in [0.4, 0.5) is 22.7 Å². The number of nitrogens with zero attached hydrogens (tertiary/aromatic N) is 2. The van der Waals surface area contributed by atoms with Gasteiger partial charge in [0.05, 0.1) is 5.69 Å². The molecule has 0 N–H and O–H groups in total. The van der Waals surface area contributed by atoms with Crippen molar-refractivity contribution in [1.29, 1.82) is 0 Å². The summed E-state index contributed by atoms with van der Waals surface area (Å²) in [4.78, 5) is 4.63. The Balaban J connectivity index is 1.02. The standard InChI is InChI=1S/C62H50N2/c1-47-31-38-55(39-32-47)63(45-60(50-20-7-3-8-21-50)51-22-9-4-10-23-51)56-42-35-49(36-43-56)19-15-16-28-54-37-44-62(59-30-18-17-29-58(54)59)64(57-40-33-48(2)34-41-57)46-61(52-24-11-5-12-25-52)53-26-13-6-14-27-53/h3-46H,1-2H3/b19-15+,28-16+. The molecule has 0 spiro atoms. The third-order valence-corrected chi connectivity index (χ3v) is 11.5. The van der Waals surface area contributed by atoms with Crippen LogP contribution < -0.4 is 9.80 Å². The molecule has 0 unspecified atom stereocenters. The number of hydrogen-bond acceptors (Lipinski definition) is 2. The van der Waals surface area contributed by atoms with E-state index in [9.17, 15) is 0 Å². The fourth-order valence-corrected chi connectivity index (χ4v) is 8.09. The predicted octanol–water partition coefficient (Wildman–Crippen LogP) is 16.6. The van der Waals surface area contributed by atoms with E-state index >= 15 is 0 Å². The molecule has 0 heterocycles.